The number of carboxylic acids is 1. The highest BCUT2D eigenvalue weighted by molar-refractivity contribution is 7.46. The maximum atomic E-state index is 10.8. The number of hydrogen-bond acceptors (Lipinski definition) is 7. The van der Waals surface area contributed by atoms with Crippen molar-refractivity contribution in [3.05, 3.63) is 23.0 Å². The minimum Gasteiger partial charge on any atom is -0.506 e. The molecule has 1 aromatic rings. The summed E-state index contributed by atoms with van der Waals surface area (Å²) < 4.78 is 15.1. The quantitative estimate of drug-likeness (QED) is 0.332. The number of aliphatic hydroxyl groups excluding tert-OH is 1. The number of carbonyl (C=O) groups is 1. The van der Waals surface area contributed by atoms with Crippen molar-refractivity contribution < 1.29 is 39.0 Å². The van der Waals surface area contributed by atoms with Crippen LogP contribution < -0.4 is 5.32 Å². The first kappa shape index (κ1) is 18.5. The van der Waals surface area contributed by atoms with Crippen LogP contribution in [0.3, 0.4) is 0 Å². The highest BCUT2D eigenvalue weighted by Crippen LogP contribution is 2.38. The molecule has 0 fully saturated rings. The Morgan fingerprint density at radius 3 is 2.64 bits per heavy atom. The summed E-state index contributed by atoms with van der Waals surface area (Å²) in [5.74, 6) is -1.53. The summed E-state index contributed by atoms with van der Waals surface area (Å²) in [6, 6.07) is -1.25. The Hall–Kier alpha value is -1.55. The van der Waals surface area contributed by atoms with E-state index in [0.29, 0.717) is 0 Å². The first-order valence-corrected chi connectivity index (χ1v) is 7.62. The fraction of sp³-hybridized carbons (Fsp3) is 0.455. The number of aromatic nitrogens is 1. The van der Waals surface area contributed by atoms with Crippen molar-refractivity contribution in [2.75, 3.05) is 6.61 Å². The molecule has 0 aliphatic rings. The minimum absolute atomic E-state index is 0.160. The van der Waals surface area contributed by atoms with E-state index in [1.165, 1.54) is 13.1 Å². The largest absolute Gasteiger partial charge is 0.506 e. The fourth-order valence-corrected chi connectivity index (χ4v) is 1.92. The Labute approximate surface area is 125 Å². The predicted octanol–water partition coefficient (Wildman–Crippen LogP) is -0.760. The van der Waals surface area contributed by atoms with Crippen LogP contribution in [0.25, 0.3) is 0 Å². The smallest absolute Gasteiger partial charge is 0.469 e. The molecule has 0 aliphatic heterocycles. The van der Waals surface area contributed by atoms with Crippen molar-refractivity contribution in [1.82, 2.24) is 10.3 Å². The second-order valence-electron chi connectivity index (χ2n) is 4.41. The number of aliphatic hydroxyl groups is 1. The van der Waals surface area contributed by atoms with Gasteiger partial charge in [0.2, 0.25) is 0 Å². The number of aryl methyl sites for hydroxylation is 1. The van der Waals surface area contributed by atoms with Crippen molar-refractivity contribution in [3.8, 4) is 5.75 Å². The first-order chi connectivity index (χ1) is 10.2. The van der Waals surface area contributed by atoms with E-state index in [-0.39, 0.29) is 29.1 Å². The zero-order valence-electron chi connectivity index (χ0n) is 11.6. The molecule has 0 radical (unpaired) electrons. The molecule has 1 atom stereocenters. The molecule has 0 amide bonds. The van der Waals surface area contributed by atoms with E-state index in [0.717, 1.165) is 0 Å². The number of carboxylic acid groups (broad SMARTS) is 1. The van der Waals surface area contributed by atoms with Gasteiger partial charge in [-0.2, -0.15) is 0 Å². The summed E-state index contributed by atoms with van der Waals surface area (Å²) in [5, 5.41) is 30.2. The van der Waals surface area contributed by atoms with Gasteiger partial charge < -0.3 is 25.1 Å². The molecule has 0 bridgehead atoms. The lowest BCUT2D eigenvalue weighted by molar-refractivity contribution is -0.140. The normalized spacial score (nSPS) is 13.1. The number of rotatable bonds is 8. The molecule has 0 spiro atoms. The molecular formula is C11H17N2O8P. The van der Waals surface area contributed by atoms with E-state index >= 15 is 0 Å². The van der Waals surface area contributed by atoms with Crippen LogP contribution in [0.1, 0.15) is 16.8 Å². The predicted molar refractivity (Wildman–Crippen MR) is 72.8 cm³/mol. The Balaban J connectivity index is 2.97. The Kier molecular flexibility index (Phi) is 6.42. The van der Waals surface area contributed by atoms with Crippen LogP contribution in [-0.2, 0) is 27.0 Å². The van der Waals surface area contributed by atoms with Gasteiger partial charge in [0.05, 0.1) is 18.9 Å². The van der Waals surface area contributed by atoms with E-state index in [2.05, 4.69) is 14.8 Å². The molecule has 0 aliphatic carbocycles. The molecule has 0 saturated carbocycles. The van der Waals surface area contributed by atoms with Gasteiger partial charge in [-0.1, -0.05) is 0 Å². The lowest BCUT2D eigenvalue weighted by Gasteiger charge is -2.16. The van der Waals surface area contributed by atoms with Gasteiger partial charge in [0.25, 0.3) is 0 Å². The van der Waals surface area contributed by atoms with Gasteiger partial charge in [0, 0.05) is 23.9 Å². The molecule has 10 nitrogen and oxygen atoms in total. The Morgan fingerprint density at radius 2 is 2.14 bits per heavy atom. The highest BCUT2D eigenvalue weighted by atomic mass is 31.2. The maximum Gasteiger partial charge on any atom is 0.469 e. The fourth-order valence-electron chi connectivity index (χ4n) is 1.61. The van der Waals surface area contributed by atoms with Crippen molar-refractivity contribution in [2.24, 2.45) is 0 Å². The molecule has 0 saturated heterocycles. The number of aromatic hydroxyl groups is 1. The van der Waals surface area contributed by atoms with Gasteiger partial charge in [-0.25, -0.2) is 4.57 Å². The van der Waals surface area contributed by atoms with Crippen molar-refractivity contribution in [1.29, 1.82) is 0 Å². The average molecular weight is 336 g/mol. The number of pyridine rings is 1. The summed E-state index contributed by atoms with van der Waals surface area (Å²) in [6.45, 7) is 0.174. The zero-order chi connectivity index (χ0) is 16.9. The summed E-state index contributed by atoms with van der Waals surface area (Å²) in [4.78, 5) is 32.1. The van der Waals surface area contributed by atoms with Gasteiger partial charge in [-0.15, -0.1) is 0 Å². The second kappa shape index (κ2) is 7.63. The lowest BCUT2D eigenvalue weighted by atomic mass is 10.1. The van der Waals surface area contributed by atoms with Crippen molar-refractivity contribution >= 4 is 13.8 Å². The van der Waals surface area contributed by atoms with Gasteiger partial charge in [0.1, 0.15) is 11.8 Å². The summed E-state index contributed by atoms with van der Waals surface area (Å²) >= 11 is 0. The number of nitrogens with one attached hydrogen (secondary N) is 1. The number of phosphoric acid groups is 1. The molecule has 11 heteroatoms. The van der Waals surface area contributed by atoms with Crippen LogP contribution in [0.4, 0.5) is 0 Å². The van der Waals surface area contributed by atoms with E-state index in [9.17, 15) is 14.5 Å². The van der Waals surface area contributed by atoms with Crippen molar-refractivity contribution in [3.63, 3.8) is 0 Å². The SMILES string of the molecule is Cc1ncc(COP(=O)(O)O)c(CNC(CO)C(=O)O)c1O. The van der Waals surface area contributed by atoms with E-state index in [1.807, 2.05) is 0 Å². The third kappa shape index (κ3) is 5.34. The summed E-state index contributed by atoms with van der Waals surface area (Å²) in [7, 11) is -4.70. The molecule has 6 N–H and O–H groups in total. The topological polar surface area (TPSA) is 169 Å². The monoisotopic (exact) mass is 336 g/mol. The van der Waals surface area contributed by atoms with Gasteiger partial charge >= 0.3 is 13.8 Å². The molecule has 1 rings (SSSR count). The Bertz CT molecular complexity index is 588. The van der Waals surface area contributed by atoms with Crippen LogP contribution >= 0.6 is 7.82 Å². The number of nitrogens with zero attached hydrogens (tertiary/aromatic N) is 1. The number of phosphoric ester groups is 1. The van der Waals surface area contributed by atoms with Gasteiger partial charge in [-0.3, -0.25) is 19.6 Å². The lowest BCUT2D eigenvalue weighted by Crippen LogP contribution is -2.39. The number of hydrogen-bond donors (Lipinski definition) is 6. The van der Waals surface area contributed by atoms with Crippen LogP contribution in [0.5, 0.6) is 5.75 Å². The zero-order valence-corrected chi connectivity index (χ0v) is 12.5. The molecule has 124 valence electrons. The summed E-state index contributed by atoms with van der Waals surface area (Å²) in [5.41, 5.74) is 0.620. The van der Waals surface area contributed by atoms with E-state index < -0.39 is 33.0 Å². The van der Waals surface area contributed by atoms with E-state index in [4.69, 9.17) is 20.0 Å². The second-order valence-corrected chi connectivity index (χ2v) is 5.65. The van der Waals surface area contributed by atoms with Gasteiger partial charge in [-0.05, 0) is 6.92 Å². The molecule has 22 heavy (non-hydrogen) atoms. The average Bonchev–Trinajstić information content (AvgIpc) is 2.41. The highest BCUT2D eigenvalue weighted by Gasteiger charge is 2.20. The van der Waals surface area contributed by atoms with Crippen LogP contribution in [0.2, 0.25) is 0 Å². The van der Waals surface area contributed by atoms with Crippen LogP contribution in [0, 0.1) is 6.92 Å². The molecular weight excluding hydrogens is 319 g/mol. The Morgan fingerprint density at radius 1 is 1.50 bits per heavy atom. The summed E-state index contributed by atoms with van der Waals surface area (Å²) in [6.07, 6.45) is 1.26. The van der Waals surface area contributed by atoms with Gasteiger partial charge in [0.15, 0.2) is 0 Å². The number of aliphatic carboxylic acids is 1. The molecule has 0 aromatic carbocycles. The third-order valence-electron chi connectivity index (χ3n) is 2.82. The van der Waals surface area contributed by atoms with E-state index in [1.54, 1.807) is 0 Å². The third-order valence-corrected chi connectivity index (χ3v) is 3.29. The molecule has 1 aromatic heterocycles. The van der Waals surface area contributed by atoms with Crippen LogP contribution in [-0.4, -0.2) is 48.7 Å². The van der Waals surface area contributed by atoms with Crippen molar-refractivity contribution in [2.45, 2.75) is 26.1 Å². The first-order valence-electron chi connectivity index (χ1n) is 6.09. The molecule has 1 heterocycles. The maximum absolute atomic E-state index is 10.8. The standard InChI is InChI=1S/C11H17N2O8P/c1-6-10(15)8(3-13-9(4-14)11(16)17)7(2-12-6)5-21-22(18,19)20/h2,9,13-15H,3-5H2,1H3,(H,16,17)(H2,18,19,20). The van der Waals surface area contributed by atoms with Crippen LogP contribution in [0.15, 0.2) is 6.20 Å². The molecule has 1 unspecified atom stereocenters. The minimum atomic E-state index is -4.70.